The standard InChI is InChI=1S/C50H58N12O10/c1-27(2)35(19-43(63)69-5)47(65)59-23-33(61-25-39(55-57-61)49(67)71-7)17-41(59)45-51-21-37(53-45)31-13-9-29(10-14-31)30-11-15-32(16-12-30)38-22-52-46(54-38)42-18-34(62-26-40(56-58-62)50(68)72-8)24-60(42)48(66)36(28(3)4)20-44(64)70-6/h9-16,21-22,25-28,33-36,41-42H,17-20,23-24H2,1-8H3,(H,51,53)(H,52,54)/t33-,34-,35-,36-,41-,42-/m0/s1. The average Bonchev–Trinajstić information content (AvgIpc) is 4.26. The zero-order chi connectivity index (χ0) is 51.4. The molecule has 72 heavy (non-hydrogen) atoms. The van der Waals surface area contributed by atoms with Crippen LogP contribution in [-0.2, 0) is 38.1 Å². The first-order valence-electron chi connectivity index (χ1n) is 23.7. The molecule has 2 aliphatic rings. The van der Waals surface area contributed by atoms with Gasteiger partial charge in [-0.05, 0) is 46.9 Å². The molecule has 4 aromatic heterocycles. The number of ether oxygens (including phenoxy) is 4. The molecule has 2 saturated heterocycles. The van der Waals surface area contributed by atoms with Gasteiger partial charge in [0.15, 0.2) is 11.4 Å². The third-order valence-corrected chi connectivity index (χ3v) is 13.7. The summed E-state index contributed by atoms with van der Waals surface area (Å²) in [6.07, 6.45) is 7.16. The number of H-pyrrole nitrogens is 2. The Morgan fingerprint density at radius 2 is 0.917 bits per heavy atom. The van der Waals surface area contributed by atoms with Gasteiger partial charge < -0.3 is 38.7 Å². The Balaban J connectivity index is 0.988. The van der Waals surface area contributed by atoms with E-state index >= 15 is 0 Å². The van der Waals surface area contributed by atoms with E-state index in [9.17, 15) is 28.8 Å². The highest BCUT2D eigenvalue weighted by Crippen LogP contribution is 2.41. The highest BCUT2D eigenvalue weighted by molar-refractivity contribution is 5.88. The minimum Gasteiger partial charge on any atom is -0.469 e. The Morgan fingerprint density at radius 1 is 0.556 bits per heavy atom. The Labute approximate surface area is 414 Å². The van der Waals surface area contributed by atoms with E-state index in [0.29, 0.717) is 24.5 Å². The lowest BCUT2D eigenvalue weighted by atomic mass is 9.90. The maximum absolute atomic E-state index is 14.3. The van der Waals surface area contributed by atoms with Gasteiger partial charge in [0.2, 0.25) is 11.8 Å². The fourth-order valence-corrected chi connectivity index (χ4v) is 9.48. The summed E-state index contributed by atoms with van der Waals surface area (Å²) in [6.45, 7) is 8.07. The Kier molecular flexibility index (Phi) is 15.1. The number of imidazole rings is 2. The number of carbonyl (C=O) groups excluding carboxylic acids is 6. The van der Waals surface area contributed by atoms with Gasteiger partial charge in [-0.15, -0.1) is 10.2 Å². The number of methoxy groups -OCH3 is 4. The number of carbonyl (C=O) groups is 6. The van der Waals surface area contributed by atoms with E-state index < -0.39 is 47.8 Å². The topological polar surface area (TPSA) is 265 Å². The van der Waals surface area contributed by atoms with Crippen molar-refractivity contribution in [2.45, 2.75) is 77.5 Å². The van der Waals surface area contributed by atoms with E-state index in [2.05, 4.69) is 30.6 Å². The molecule has 6 aromatic rings. The van der Waals surface area contributed by atoms with Crippen LogP contribution in [0.3, 0.4) is 0 Å². The van der Waals surface area contributed by atoms with Gasteiger partial charge in [0.05, 0.1) is 113 Å². The van der Waals surface area contributed by atoms with Crippen molar-refractivity contribution >= 4 is 35.7 Å². The molecular weight excluding hydrogens is 929 g/mol. The predicted octanol–water partition coefficient (Wildman–Crippen LogP) is 5.59. The molecule has 2 aromatic carbocycles. The number of likely N-dealkylation sites (tertiary alicyclic amines) is 2. The molecule has 22 heteroatoms. The molecule has 6 atom stereocenters. The highest BCUT2D eigenvalue weighted by Gasteiger charge is 2.44. The van der Waals surface area contributed by atoms with E-state index in [-0.39, 0.29) is 73.1 Å². The zero-order valence-corrected chi connectivity index (χ0v) is 41.3. The van der Waals surface area contributed by atoms with Gasteiger partial charge in [0, 0.05) is 13.1 Å². The Bertz CT molecular complexity index is 2720. The van der Waals surface area contributed by atoms with Crippen molar-refractivity contribution in [2.75, 3.05) is 41.5 Å². The first-order chi connectivity index (χ1) is 34.6. The zero-order valence-electron chi connectivity index (χ0n) is 41.3. The third kappa shape index (κ3) is 10.5. The lowest BCUT2D eigenvalue weighted by Gasteiger charge is -2.29. The SMILES string of the molecule is COC(=O)C[C@H](C(=O)N1C[C@@H](n2cc(C(=O)OC)nn2)C[C@H]1c1ncc(-c2ccc(-c3ccc(-c4cnc([C@@H]5C[C@H](n6cc(C(=O)OC)nn6)CN5C(=O)[C@@H](CC(=O)OC)C(C)C)[nH]4)cc3)cc2)[nH]1)C(C)C. The largest absolute Gasteiger partial charge is 0.469 e. The summed E-state index contributed by atoms with van der Waals surface area (Å²) >= 11 is 0. The Hall–Kier alpha value is -8.04. The van der Waals surface area contributed by atoms with Gasteiger partial charge >= 0.3 is 23.9 Å². The molecule has 2 N–H and O–H groups in total. The van der Waals surface area contributed by atoms with Crippen LogP contribution in [0.1, 0.15) is 110 Å². The van der Waals surface area contributed by atoms with Crippen molar-refractivity contribution in [3.63, 3.8) is 0 Å². The number of benzene rings is 2. The van der Waals surface area contributed by atoms with Crippen LogP contribution in [0.4, 0.5) is 0 Å². The summed E-state index contributed by atoms with van der Waals surface area (Å²) in [7, 11) is 5.13. The minimum atomic E-state index is -0.636. The number of aromatic amines is 2. The number of rotatable bonds is 17. The predicted molar refractivity (Wildman–Crippen MR) is 256 cm³/mol. The first-order valence-corrected chi connectivity index (χ1v) is 23.7. The third-order valence-electron chi connectivity index (χ3n) is 13.7. The van der Waals surface area contributed by atoms with Gasteiger partial charge in [-0.25, -0.2) is 28.9 Å². The smallest absolute Gasteiger partial charge is 0.360 e. The van der Waals surface area contributed by atoms with E-state index in [4.69, 9.17) is 28.9 Å². The Morgan fingerprint density at radius 3 is 1.25 bits per heavy atom. The first kappa shape index (κ1) is 50.4. The molecule has 0 bridgehead atoms. The van der Waals surface area contributed by atoms with Gasteiger partial charge in [0.1, 0.15) is 11.6 Å². The number of esters is 4. The molecule has 0 unspecified atom stereocenters. The summed E-state index contributed by atoms with van der Waals surface area (Å²) in [4.78, 5) is 97.5. The number of nitrogens with one attached hydrogen (secondary N) is 2. The van der Waals surface area contributed by atoms with Crippen LogP contribution >= 0.6 is 0 Å². The second-order valence-electron chi connectivity index (χ2n) is 18.7. The monoisotopic (exact) mass is 986 g/mol. The molecule has 0 spiro atoms. The molecule has 0 saturated carbocycles. The van der Waals surface area contributed by atoms with Crippen LogP contribution < -0.4 is 0 Å². The van der Waals surface area contributed by atoms with E-state index in [1.165, 1.54) is 40.8 Å². The number of hydrogen-bond acceptors (Lipinski definition) is 16. The van der Waals surface area contributed by atoms with Crippen molar-refractivity contribution in [3.05, 3.63) is 96.4 Å². The molecule has 2 amide bonds. The quantitative estimate of drug-likeness (QED) is 0.0833. The molecule has 6 heterocycles. The summed E-state index contributed by atoms with van der Waals surface area (Å²) < 4.78 is 22.6. The second kappa shape index (κ2) is 21.5. The van der Waals surface area contributed by atoms with E-state index in [1.54, 1.807) is 31.6 Å². The van der Waals surface area contributed by atoms with Crippen LogP contribution in [0.15, 0.2) is 73.3 Å². The van der Waals surface area contributed by atoms with Gasteiger partial charge in [-0.3, -0.25) is 19.2 Å². The summed E-state index contributed by atoms with van der Waals surface area (Å²) in [5.74, 6) is -3.08. The summed E-state index contributed by atoms with van der Waals surface area (Å²) in [5, 5.41) is 16.3. The van der Waals surface area contributed by atoms with Gasteiger partial charge in [0.25, 0.3) is 0 Å². The van der Waals surface area contributed by atoms with Crippen molar-refractivity contribution in [1.29, 1.82) is 0 Å². The van der Waals surface area contributed by atoms with Crippen molar-refractivity contribution in [3.8, 4) is 33.6 Å². The molecular formula is C50H58N12O10. The van der Waals surface area contributed by atoms with Crippen LogP contribution in [0.25, 0.3) is 33.6 Å². The molecule has 2 fully saturated rings. The normalized spacial score (nSPS) is 18.6. The van der Waals surface area contributed by atoms with Gasteiger partial charge in [-0.1, -0.05) is 86.7 Å². The number of hydrogen-bond donors (Lipinski definition) is 2. The van der Waals surface area contributed by atoms with Crippen LogP contribution in [0.5, 0.6) is 0 Å². The highest BCUT2D eigenvalue weighted by atomic mass is 16.5. The number of aromatic nitrogens is 10. The fourth-order valence-electron chi connectivity index (χ4n) is 9.48. The maximum Gasteiger partial charge on any atom is 0.360 e. The van der Waals surface area contributed by atoms with Crippen molar-refractivity contribution in [2.24, 2.45) is 23.7 Å². The lowest BCUT2D eigenvalue weighted by molar-refractivity contribution is -0.148. The molecule has 0 aliphatic carbocycles. The second-order valence-corrected chi connectivity index (χ2v) is 18.7. The fraction of sp³-hybridized carbons (Fsp3) is 0.440. The van der Waals surface area contributed by atoms with E-state index in [1.807, 2.05) is 76.2 Å². The maximum atomic E-state index is 14.3. The molecule has 2 aliphatic heterocycles. The minimum absolute atomic E-state index is 0.0489. The van der Waals surface area contributed by atoms with Crippen LogP contribution in [0.2, 0.25) is 0 Å². The van der Waals surface area contributed by atoms with Crippen LogP contribution in [0, 0.1) is 23.7 Å². The summed E-state index contributed by atoms with van der Waals surface area (Å²) in [5.41, 5.74) is 5.26. The lowest BCUT2D eigenvalue weighted by Crippen LogP contribution is -2.39. The summed E-state index contributed by atoms with van der Waals surface area (Å²) in [6, 6.07) is 14.3. The average molecular weight is 987 g/mol. The molecule has 8 rings (SSSR count). The van der Waals surface area contributed by atoms with Crippen molar-refractivity contribution < 1.29 is 47.7 Å². The molecule has 0 radical (unpaired) electrons. The van der Waals surface area contributed by atoms with E-state index in [0.717, 1.165) is 33.6 Å². The molecule has 378 valence electrons. The van der Waals surface area contributed by atoms with Gasteiger partial charge in [-0.2, -0.15) is 0 Å². The van der Waals surface area contributed by atoms with Crippen LogP contribution in [-0.4, -0.2) is 137 Å². The molecule has 22 nitrogen and oxygen atoms in total. The van der Waals surface area contributed by atoms with Crippen molar-refractivity contribution in [1.82, 2.24) is 59.7 Å². The number of amides is 2. The number of nitrogens with zero attached hydrogens (tertiary/aromatic N) is 10.